The van der Waals surface area contributed by atoms with Gasteiger partial charge in [0.15, 0.2) is 5.82 Å². The number of fused-ring (bicyclic) bond motifs is 1. The van der Waals surface area contributed by atoms with Gasteiger partial charge < -0.3 is 10.2 Å². The summed E-state index contributed by atoms with van der Waals surface area (Å²) in [6.45, 7) is 10.2. The van der Waals surface area contributed by atoms with E-state index in [1.165, 1.54) is 11.3 Å². The fourth-order valence-corrected chi connectivity index (χ4v) is 3.55. The molecule has 0 fully saturated rings. The molecule has 1 aliphatic rings. The SMILES string of the molecule is CC(C)(C)C(=O)N1Cc2c(NC(=O)c3cccs3)n[nH]c2C1(C)C. The highest BCUT2D eigenvalue weighted by atomic mass is 32.1. The minimum Gasteiger partial charge on any atom is -0.327 e. The molecule has 3 heterocycles. The zero-order chi connectivity index (χ0) is 17.7. The summed E-state index contributed by atoms with van der Waals surface area (Å²) in [6.07, 6.45) is 0. The third-order valence-corrected chi connectivity index (χ3v) is 5.20. The van der Waals surface area contributed by atoms with E-state index >= 15 is 0 Å². The third kappa shape index (κ3) is 2.62. The van der Waals surface area contributed by atoms with Crippen LogP contribution in [0.2, 0.25) is 0 Å². The summed E-state index contributed by atoms with van der Waals surface area (Å²) in [7, 11) is 0. The van der Waals surface area contributed by atoms with Crippen LogP contribution in [0.3, 0.4) is 0 Å². The van der Waals surface area contributed by atoms with Crippen molar-refractivity contribution in [2.75, 3.05) is 5.32 Å². The number of H-pyrrole nitrogens is 1. The number of anilines is 1. The van der Waals surface area contributed by atoms with Gasteiger partial charge in [0.25, 0.3) is 5.91 Å². The molecule has 2 N–H and O–H groups in total. The van der Waals surface area contributed by atoms with Crippen molar-refractivity contribution in [3.05, 3.63) is 33.6 Å². The lowest BCUT2D eigenvalue weighted by molar-refractivity contribution is -0.145. The molecule has 3 rings (SSSR count). The van der Waals surface area contributed by atoms with Crippen molar-refractivity contribution in [2.24, 2.45) is 5.41 Å². The highest BCUT2D eigenvalue weighted by Crippen LogP contribution is 2.42. The Balaban J connectivity index is 1.88. The second-order valence-electron chi connectivity index (χ2n) is 7.56. The lowest BCUT2D eigenvalue weighted by Gasteiger charge is -2.36. The van der Waals surface area contributed by atoms with Crippen LogP contribution in [-0.2, 0) is 16.9 Å². The van der Waals surface area contributed by atoms with Crippen LogP contribution < -0.4 is 5.32 Å². The Hall–Kier alpha value is -2.15. The number of thiophene rings is 1. The van der Waals surface area contributed by atoms with Crippen LogP contribution in [0.5, 0.6) is 0 Å². The van der Waals surface area contributed by atoms with Crippen LogP contribution in [0.4, 0.5) is 5.82 Å². The van der Waals surface area contributed by atoms with Crippen molar-refractivity contribution in [1.29, 1.82) is 0 Å². The number of hydrogen-bond donors (Lipinski definition) is 2. The van der Waals surface area contributed by atoms with Crippen molar-refractivity contribution in [2.45, 2.75) is 46.7 Å². The Morgan fingerprint density at radius 2 is 2.08 bits per heavy atom. The van der Waals surface area contributed by atoms with Crippen molar-refractivity contribution in [3.63, 3.8) is 0 Å². The number of nitrogens with one attached hydrogen (secondary N) is 2. The third-order valence-electron chi connectivity index (χ3n) is 4.33. The van der Waals surface area contributed by atoms with E-state index in [0.29, 0.717) is 17.2 Å². The van der Waals surface area contributed by atoms with Gasteiger partial charge in [0, 0.05) is 11.0 Å². The predicted molar refractivity (Wildman–Crippen MR) is 93.9 cm³/mol. The highest BCUT2D eigenvalue weighted by molar-refractivity contribution is 7.12. The van der Waals surface area contributed by atoms with Crippen molar-refractivity contribution in [1.82, 2.24) is 15.1 Å². The van der Waals surface area contributed by atoms with E-state index in [0.717, 1.165) is 11.3 Å². The largest absolute Gasteiger partial charge is 0.327 e. The lowest BCUT2D eigenvalue weighted by atomic mass is 9.92. The number of carbonyl (C=O) groups excluding carboxylic acids is 2. The van der Waals surface area contributed by atoms with Crippen LogP contribution in [0, 0.1) is 5.41 Å². The summed E-state index contributed by atoms with van der Waals surface area (Å²) in [5.74, 6) is 0.394. The first-order chi connectivity index (χ1) is 11.1. The molecule has 2 aromatic heterocycles. The zero-order valence-electron chi connectivity index (χ0n) is 14.6. The molecular weight excluding hydrogens is 324 g/mol. The number of carbonyl (C=O) groups is 2. The van der Waals surface area contributed by atoms with Crippen molar-refractivity contribution >= 4 is 29.0 Å². The second kappa shape index (κ2) is 5.44. The Bertz CT molecular complexity index is 784. The normalized spacial score (nSPS) is 16.1. The molecule has 0 unspecified atom stereocenters. The van der Waals surface area contributed by atoms with Crippen molar-refractivity contribution in [3.8, 4) is 0 Å². The van der Waals surface area contributed by atoms with E-state index in [-0.39, 0.29) is 11.8 Å². The van der Waals surface area contributed by atoms with E-state index in [1.54, 1.807) is 6.07 Å². The summed E-state index contributed by atoms with van der Waals surface area (Å²) in [6, 6.07) is 3.60. The fourth-order valence-electron chi connectivity index (χ4n) is 2.93. The zero-order valence-corrected chi connectivity index (χ0v) is 15.4. The second-order valence-corrected chi connectivity index (χ2v) is 8.51. The molecule has 0 saturated carbocycles. The van der Waals surface area contributed by atoms with Gasteiger partial charge in [-0.05, 0) is 25.3 Å². The molecular formula is C17H22N4O2S. The molecule has 6 nitrogen and oxygen atoms in total. The lowest BCUT2D eigenvalue weighted by Crippen LogP contribution is -2.46. The number of rotatable bonds is 2. The fraction of sp³-hybridized carbons (Fsp3) is 0.471. The molecule has 0 spiro atoms. The first-order valence-electron chi connectivity index (χ1n) is 7.87. The van der Waals surface area contributed by atoms with Crippen LogP contribution in [-0.4, -0.2) is 26.9 Å². The van der Waals surface area contributed by atoms with Crippen LogP contribution in [0.15, 0.2) is 17.5 Å². The summed E-state index contributed by atoms with van der Waals surface area (Å²) in [5.41, 5.74) is 0.803. The van der Waals surface area contributed by atoms with Gasteiger partial charge in [0.2, 0.25) is 5.91 Å². The van der Waals surface area contributed by atoms with Gasteiger partial charge in [-0.2, -0.15) is 5.10 Å². The Kier molecular flexibility index (Phi) is 3.79. The van der Waals surface area contributed by atoms with Crippen LogP contribution >= 0.6 is 11.3 Å². The van der Waals surface area contributed by atoms with Gasteiger partial charge in [-0.1, -0.05) is 26.8 Å². The molecule has 24 heavy (non-hydrogen) atoms. The minimum absolute atomic E-state index is 0.0765. The monoisotopic (exact) mass is 346 g/mol. The number of nitrogens with zero attached hydrogens (tertiary/aromatic N) is 2. The quantitative estimate of drug-likeness (QED) is 0.875. The van der Waals surface area contributed by atoms with Gasteiger partial charge in [-0.15, -0.1) is 11.3 Å². The molecule has 0 aliphatic carbocycles. The summed E-state index contributed by atoms with van der Waals surface area (Å²) in [4.78, 5) is 27.5. The van der Waals surface area contributed by atoms with E-state index < -0.39 is 11.0 Å². The molecule has 0 atom stereocenters. The topological polar surface area (TPSA) is 78.1 Å². The number of aromatic nitrogens is 2. The average molecular weight is 346 g/mol. The van der Waals surface area contributed by atoms with Gasteiger partial charge in [-0.25, -0.2) is 0 Å². The van der Waals surface area contributed by atoms with Gasteiger partial charge in [0.1, 0.15) is 0 Å². The predicted octanol–water partition coefficient (Wildman–Crippen LogP) is 3.35. The molecule has 2 aromatic rings. The van der Waals surface area contributed by atoms with Gasteiger partial charge in [-0.3, -0.25) is 14.7 Å². The van der Waals surface area contributed by atoms with E-state index in [4.69, 9.17) is 0 Å². The summed E-state index contributed by atoms with van der Waals surface area (Å²) >= 11 is 1.38. The Morgan fingerprint density at radius 3 is 2.67 bits per heavy atom. The minimum atomic E-state index is -0.487. The Labute approximate surface area is 145 Å². The van der Waals surface area contributed by atoms with E-state index in [9.17, 15) is 9.59 Å². The summed E-state index contributed by atoms with van der Waals surface area (Å²) < 4.78 is 0. The molecule has 1 aliphatic heterocycles. The van der Waals surface area contributed by atoms with Crippen LogP contribution in [0.1, 0.15) is 55.5 Å². The van der Waals surface area contributed by atoms with E-state index in [2.05, 4.69) is 15.5 Å². The number of amides is 2. The first-order valence-corrected chi connectivity index (χ1v) is 8.75. The maximum Gasteiger partial charge on any atom is 0.266 e. The van der Waals surface area contributed by atoms with Crippen LogP contribution in [0.25, 0.3) is 0 Å². The molecule has 0 bridgehead atoms. The maximum atomic E-state index is 12.8. The smallest absolute Gasteiger partial charge is 0.266 e. The molecule has 0 radical (unpaired) electrons. The van der Waals surface area contributed by atoms with E-state index in [1.807, 2.05) is 51.0 Å². The molecule has 0 aromatic carbocycles. The van der Waals surface area contributed by atoms with Crippen molar-refractivity contribution < 1.29 is 9.59 Å². The first kappa shape index (κ1) is 16.7. The number of hydrogen-bond acceptors (Lipinski definition) is 4. The molecule has 128 valence electrons. The highest BCUT2D eigenvalue weighted by Gasteiger charge is 2.46. The van der Waals surface area contributed by atoms with Gasteiger partial charge in [0.05, 0.1) is 22.7 Å². The van der Waals surface area contributed by atoms with Gasteiger partial charge >= 0.3 is 0 Å². The standard InChI is InChI=1S/C17H22N4O2S/c1-16(2,3)15(23)21-9-10-12(17(21,4)5)19-20-13(10)18-14(22)11-7-6-8-24-11/h6-8H,9H2,1-5H3,(H2,18,19,20,22). The average Bonchev–Trinajstić information content (AvgIpc) is 3.16. The maximum absolute atomic E-state index is 12.8. The molecule has 7 heteroatoms. The molecule has 0 saturated heterocycles. The number of aromatic amines is 1. The Morgan fingerprint density at radius 1 is 1.38 bits per heavy atom. The molecule has 2 amide bonds. The summed E-state index contributed by atoms with van der Waals surface area (Å²) in [5, 5.41) is 12.0.